The van der Waals surface area contributed by atoms with Gasteiger partial charge in [-0.2, -0.15) is 0 Å². The lowest BCUT2D eigenvalue weighted by molar-refractivity contribution is 0.199. The van der Waals surface area contributed by atoms with Crippen LogP contribution in [0.15, 0.2) is 50.7 Å². The molecular weight excluding hydrogens is 320 g/mol. The van der Waals surface area contributed by atoms with Crippen LogP contribution in [0.4, 0.5) is 0 Å². The highest BCUT2D eigenvalue weighted by atomic mass is 79.9. The van der Waals surface area contributed by atoms with Gasteiger partial charge in [-0.1, -0.05) is 35.5 Å². The quantitative estimate of drug-likeness (QED) is 0.823. The first-order chi connectivity index (χ1) is 8.97. The highest BCUT2D eigenvalue weighted by Gasteiger charge is 2.08. The lowest BCUT2D eigenvalue weighted by atomic mass is 10.1. The molecule has 0 heterocycles. The van der Waals surface area contributed by atoms with Crippen molar-refractivity contribution in [2.75, 3.05) is 0 Å². The smallest absolute Gasteiger partial charge is 0.0762 e. The molecule has 0 radical (unpaired) electrons. The van der Waals surface area contributed by atoms with Gasteiger partial charge in [0.15, 0.2) is 0 Å². The molecule has 0 unspecified atom stereocenters. The predicted molar refractivity (Wildman–Crippen MR) is 84.8 cm³/mol. The SMILES string of the molecule is Cc1ccc(Sc2ccc([C@H](C)O)cc2Br)c(C)c1. The molecule has 0 fully saturated rings. The standard InChI is InChI=1S/C16H17BrOS/c1-10-4-6-15(11(2)8-10)19-16-7-5-13(12(3)18)9-14(16)17/h4-9,12,18H,1-3H3/t12-/m0/s1. The number of hydrogen-bond donors (Lipinski definition) is 1. The second-order valence-electron chi connectivity index (χ2n) is 4.74. The molecule has 3 heteroatoms. The Labute approximate surface area is 127 Å². The summed E-state index contributed by atoms with van der Waals surface area (Å²) < 4.78 is 1.02. The molecule has 0 aromatic heterocycles. The van der Waals surface area contributed by atoms with Gasteiger partial charge in [-0.15, -0.1) is 0 Å². The van der Waals surface area contributed by atoms with Gasteiger partial charge >= 0.3 is 0 Å². The fourth-order valence-corrected chi connectivity index (χ4v) is 3.42. The lowest BCUT2D eigenvalue weighted by Crippen LogP contribution is -1.91. The Balaban J connectivity index is 2.28. The zero-order valence-corrected chi connectivity index (χ0v) is 13.7. The first-order valence-corrected chi connectivity index (χ1v) is 7.81. The van der Waals surface area contributed by atoms with Crippen LogP contribution in [0.3, 0.4) is 0 Å². The van der Waals surface area contributed by atoms with Crippen LogP contribution >= 0.6 is 27.7 Å². The van der Waals surface area contributed by atoms with Gasteiger partial charge < -0.3 is 5.11 Å². The van der Waals surface area contributed by atoms with Crippen molar-refractivity contribution in [3.63, 3.8) is 0 Å². The summed E-state index contributed by atoms with van der Waals surface area (Å²) in [5.41, 5.74) is 3.50. The van der Waals surface area contributed by atoms with E-state index in [1.54, 1.807) is 18.7 Å². The number of halogens is 1. The van der Waals surface area contributed by atoms with E-state index in [0.717, 1.165) is 14.9 Å². The van der Waals surface area contributed by atoms with Crippen LogP contribution in [0.25, 0.3) is 0 Å². The van der Waals surface area contributed by atoms with Crippen molar-refractivity contribution in [3.8, 4) is 0 Å². The third-order valence-electron chi connectivity index (χ3n) is 2.99. The van der Waals surface area contributed by atoms with E-state index in [4.69, 9.17) is 0 Å². The molecule has 100 valence electrons. The molecule has 0 saturated carbocycles. The minimum Gasteiger partial charge on any atom is -0.389 e. The molecule has 1 nitrogen and oxygen atoms in total. The number of aliphatic hydroxyl groups excluding tert-OH is 1. The van der Waals surface area contributed by atoms with Crippen LogP contribution in [0, 0.1) is 13.8 Å². The van der Waals surface area contributed by atoms with Crippen LogP contribution in [-0.4, -0.2) is 5.11 Å². The summed E-state index contributed by atoms with van der Waals surface area (Å²) in [6.07, 6.45) is -0.434. The Morgan fingerprint density at radius 1 is 1.05 bits per heavy atom. The van der Waals surface area contributed by atoms with Crippen LogP contribution in [0.2, 0.25) is 0 Å². The highest BCUT2D eigenvalue weighted by Crippen LogP contribution is 2.36. The summed E-state index contributed by atoms with van der Waals surface area (Å²) in [7, 11) is 0. The van der Waals surface area contributed by atoms with Gasteiger partial charge in [0.05, 0.1) is 6.10 Å². The third-order valence-corrected chi connectivity index (χ3v) is 5.16. The molecule has 0 bridgehead atoms. The molecule has 19 heavy (non-hydrogen) atoms. The molecule has 2 aromatic rings. The average molecular weight is 337 g/mol. The van der Waals surface area contributed by atoms with E-state index < -0.39 is 6.10 Å². The van der Waals surface area contributed by atoms with Crippen LogP contribution in [-0.2, 0) is 0 Å². The Kier molecular flexibility index (Phi) is 4.71. The Morgan fingerprint density at radius 3 is 2.32 bits per heavy atom. The summed E-state index contributed by atoms with van der Waals surface area (Å²) in [4.78, 5) is 2.42. The van der Waals surface area contributed by atoms with Gasteiger partial charge in [-0.3, -0.25) is 0 Å². The number of benzene rings is 2. The van der Waals surface area contributed by atoms with Gasteiger partial charge in [0, 0.05) is 14.3 Å². The van der Waals surface area contributed by atoms with Crippen molar-refractivity contribution in [3.05, 3.63) is 57.6 Å². The van der Waals surface area contributed by atoms with Gasteiger partial charge in [-0.25, -0.2) is 0 Å². The van der Waals surface area contributed by atoms with Crippen molar-refractivity contribution < 1.29 is 5.11 Å². The van der Waals surface area contributed by atoms with E-state index in [1.165, 1.54) is 16.0 Å². The molecule has 0 spiro atoms. The number of aryl methyl sites for hydroxylation is 2. The predicted octanol–water partition coefficient (Wildman–Crippen LogP) is 5.27. The minimum absolute atomic E-state index is 0.434. The summed E-state index contributed by atoms with van der Waals surface area (Å²) in [6.45, 7) is 6.01. The van der Waals surface area contributed by atoms with E-state index >= 15 is 0 Å². The molecule has 2 rings (SSSR count). The maximum atomic E-state index is 9.58. The molecule has 0 saturated heterocycles. The Hall–Kier alpha value is -0.770. The van der Waals surface area contributed by atoms with E-state index in [-0.39, 0.29) is 0 Å². The normalized spacial score (nSPS) is 12.5. The maximum Gasteiger partial charge on any atom is 0.0762 e. The molecule has 0 aliphatic carbocycles. The maximum absolute atomic E-state index is 9.58. The molecule has 0 aliphatic rings. The van der Waals surface area contributed by atoms with Crippen molar-refractivity contribution in [1.29, 1.82) is 0 Å². The summed E-state index contributed by atoms with van der Waals surface area (Å²) in [6, 6.07) is 12.5. The monoisotopic (exact) mass is 336 g/mol. The Bertz CT molecular complexity index is 593. The summed E-state index contributed by atoms with van der Waals surface area (Å²) >= 11 is 5.32. The van der Waals surface area contributed by atoms with Gasteiger partial charge in [0.1, 0.15) is 0 Å². The highest BCUT2D eigenvalue weighted by molar-refractivity contribution is 9.10. The van der Waals surface area contributed by atoms with Crippen LogP contribution in [0.1, 0.15) is 29.7 Å². The minimum atomic E-state index is -0.434. The van der Waals surface area contributed by atoms with Crippen LogP contribution in [0.5, 0.6) is 0 Å². The summed E-state index contributed by atoms with van der Waals surface area (Å²) in [5, 5.41) is 9.58. The number of aliphatic hydroxyl groups is 1. The van der Waals surface area contributed by atoms with Gasteiger partial charge in [0.2, 0.25) is 0 Å². The Morgan fingerprint density at radius 2 is 1.74 bits per heavy atom. The zero-order valence-electron chi connectivity index (χ0n) is 11.3. The summed E-state index contributed by atoms with van der Waals surface area (Å²) in [5.74, 6) is 0. The second-order valence-corrected chi connectivity index (χ2v) is 6.67. The second kappa shape index (κ2) is 6.12. The van der Waals surface area contributed by atoms with Crippen molar-refractivity contribution in [2.45, 2.75) is 36.7 Å². The molecule has 0 amide bonds. The molecule has 2 aromatic carbocycles. The average Bonchev–Trinajstić information content (AvgIpc) is 2.34. The largest absolute Gasteiger partial charge is 0.389 e. The van der Waals surface area contributed by atoms with Crippen molar-refractivity contribution in [1.82, 2.24) is 0 Å². The van der Waals surface area contributed by atoms with Crippen molar-refractivity contribution in [2.24, 2.45) is 0 Å². The van der Waals surface area contributed by atoms with Crippen LogP contribution < -0.4 is 0 Å². The van der Waals surface area contributed by atoms with E-state index in [9.17, 15) is 5.11 Å². The van der Waals surface area contributed by atoms with E-state index in [0.29, 0.717) is 0 Å². The van der Waals surface area contributed by atoms with Gasteiger partial charge in [-0.05, 0) is 66.0 Å². The third kappa shape index (κ3) is 3.62. The number of hydrogen-bond acceptors (Lipinski definition) is 2. The molecule has 1 N–H and O–H groups in total. The van der Waals surface area contributed by atoms with E-state index in [2.05, 4.69) is 54.0 Å². The zero-order chi connectivity index (χ0) is 14.0. The van der Waals surface area contributed by atoms with E-state index in [1.807, 2.05) is 12.1 Å². The van der Waals surface area contributed by atoms with Crippen molar-refractivity contribution >= 4 is 27.7 Å². The number of rotatable bonds is 3. The fraction of sp³-hybridized carbons (Fsp3) is 0.250. The van der Waals surface area contributed by atoms with Gasteiger partial charge in [0.25, 0.3) is 0 Å². The first kappa shape index (κ1) is 14.6. The fourth-order valence-electron chi connectivity index (χ4n) is 1.89. The topological polar surface area (TPSA) is 20.2 Å². The lowest BCUT2D eigenvalue weighted by Gasteiger charge is -2.11. The molecule has 0 aliphatic heterocycles. The molecular formula is C16H17BrOS. The molecule has 1 atom stereocenters. The first-order valence-electron chi connectivity index (χ1n) is 6.20.